The van der Waals surface area contributed by atoms with Gasteiger partial charge in [-0.25, -0.2) is 5.43 Å². The molecule has 0 radical (unpaired) electrons. The third-order valence-electron chi connectivity index (χ3n) is 4.05. The molecule has 2 amide bonds. The minimum Gasteiger partial charge on any atom is -0.352 e. The maximum Gasteiger partial charge on any atom is 0.269 e. The first-order valence-corrected chi connectivity index (χ1v) is 8.88. The standard InChI is InChI=1S/C19H19N5O6/c1-13(14-4-8-16(9-5-14)23(27)28)21-22-18(25)3-2-12-20-19(26)15-6-10-17(11-7-15)24(29)30/h4-11H,2-3,12H2,1H3,(H,20,26)(H,22,25). The van der Waals surface area contributed by atoms with E-state index in [9.17, 15) is 29.8 Å². The highest BCUT2D eigenvalue weighted by Gasteiger charge is 2.10. The molecule has 0 spiro atoms. The van der Waals surface area contributed by atoms with E-state index in [0.29, 0.717) is 17.7 Å². The van der Waals surface area contributed by atoms with E-state index >= 15 is 0 Å². The van der Waals surface area contributed by atoms with E-state index in [2.05, 4.69) is 15.8 Å². The van der Waals surface area contributed by atoms with Crippen LogP contribution in [-0.4, -0.2) is 33.9 Å². The van der Waals surface area contributed by atoms with Gasteiger partial charge in [0, 0.05) is 42.8 Å². The molecule has 0 aliphatic carbocycles. The fourth-order valence-corrected chi connectivity index (χ4v) is 2.38. The molecule has 0 bridgehead atoms. The van der Waals surface area contributed by atoms with Crippen LogP contribution in [0.25, 0.3) is 0 Å². The molecule has 2 aromatic carbocycles. The number of hydrogen-bond donors (Lipinski definition) is 2. The van der Waals surface area contributed by atoms with Crippen molar-refractivity contribution in [1.29, 1.82) is 0 Å². The zero-order valence-corrected chi connectivity index (χ0v) is 16.0. The van der Waals surface area contributed by atoms with Gasteiger partial charge in [-0.2, -0.15) is 5.10 Å². The van der Waals surface area contributed by atoms with Gasteiger partial charge in [-0.05, 0) is 43.2 Å². The normalized spacial score (nSPS) is 10.9. The van der Waals surface area contributed by atoms with Crippen LogP contribution in [0.2, 0.25) is 0 Å². The van der Waals surface area contributed by atoms with Crippen LogP contribution in [0.3, 0.4) is 0 Å². The maximum atomic E-state index is 12.0. The van der Waals surface area contributed by atoms with Crippen LogP contribution >= 0.6 is 0 Å². The topological polar surface area (TPSA) is 157 Å². The van der Waals surface area contributed by atoms with Gasteiger partial charge in [0.2, 0.25) is 5.91 Å². The van der Waals surface area contributed by atoms with E-state index < -0.39 is 15.8 Å². The van der Waals surface area contributed by atoms with E-state index in [1.165, 1.54) is 48.5 Å². The summed E-state index contributed by atoms with van der Waals surface area (Å²) in [6.45, 7) is 1.90. The lowest BCUT2D eigenvalue weighted by molar-refractivity contribution is -0.385. The number of benzene rings is 2. The zero-order valence-electron chi connectivity index (χ0n) is 16.0. The molecule has 11 heteroatoms. The van der Waals surface area contributed by atoms with Crippen LogP contribution in [0.1, 0.15) is 35.7 Å². The van der Waals surface area contributed by atoms with Gasteiger partial charge in [0.15, 0.2) is 0 Å². The summed E-state index contributed by atoms with van der Waals surface area (Å²) in [5, 5.41) is 27.8. The second kappa shape index (κ2) is 10.4. The van der Waals surface area contributed by atoms with Gasteiger partial charge >= 0.3 is 0 Å². The van der Waals surface area contributed by atoms with Crippen molar-refractivity contribution < 1.29 is 19.4 Å². The number of hydrogen-bond acceptors (Lipinski definition) is 7. The first kappa shape index (κ1) is 22.1. The monoisotopic (exact) mass is 413 g/mol. The molecule has 11 nitrogen and oxygen atoms in total. The molecule has 0 atom stereocenters. The average molecular weight is 413 g/mol. The summed E-state index contributed by atoms with van der Waals surface area (Å²) in [5.74, 6) is -0.738. The molecule has 0 heterocycles. The smallest absolute Gasteiger partial charge is 0.269 e. The Bertz CT molecular complexity index is 970. The lowest BCUT2D eigenvalue weighted by atomic mass is 10.1. The molecule has 2 N–H and O–H groups in total. The second-order valence-corrected chi connectivity index (χ2v) is 6.20. The molecule has 2 aromatic rings. The second-order valence-electron chi connectivity index (χ2n) is 6.20. The summed E-state index contributed by atoms with van der Waals surface area (Å²) in [6, 6.07) is 11.0. The Morgan fingerprint density at radius 2 is 1.40 bits per heavy atom. The molecule has 156 valence electrons. The van der Waals surface area contributed by atoms with Crippen molar-refractivity contribution in [1.82, 2.24) is 10.7 Å². The largest absolute Gasteiger partial charge is 0.352 e. The molecule has 0 aliphatic rings. The van der Waals surface area contributed by atoms with Crippen LogP contribution < -0.4 is 10.7 Å². The Balaban J connectivity index is 1.73. The number of nitrogens with one attached hydrogen (secondary N) is 2. The highest BCUT2D eigenvalue weighted by Crippen LogP contribution is 2.13. The SMILES string of the molecule is CC(=NNC(=O)CCCNC(=O)c1ccc([N+](=O)[O-])cc1)c1ccc([N+](=O)[O-])cc1. The highest BCUT2D eigenvalue weighted by atomic mass is 16.6. The first-order chi connectivity index (χ1) is 14.3. The van der Waals surface area contributed by atoms with E-state index in [4.69, 9.17) is 0 Å². The van der Waals surface area contributed by atoms with Crippen molar-refractivity contribution >= 4 is 28.9 Å². The lowest BCUT2D eigenvalue weighted by Crippen LogP contribution is -2.26. The Labute approximate surface area is 171 Å². The van der Waals surface area contributed by atoms with E-state index in [-0.39, 0.29) is 35.8 Å². The van der Waals surface area contributed by atoms with Crippen LogP contribution in [0.5, 0.6) is 0 Å². The minimum atomic E-state index is -0.549. The zero-order chi connectivity index (χ0) is 22.1. The summed E-state index contributed by atoms with van der Waals surface area (Å²) < 4.78 is 0. The summed E-state index contributed by atoms with van der Waals surface area (Å²) in [6.07, 6.45) is 0.494. The molecule has 0 unspecified atom stereocenters. The molecule has 0 aromatic heterocycles. The minimum absolute atomic E-state index is 0.0358. The van der Waals surface area contributed by atoms with Gasteiger partial charge in [-0.15, -0.1) is 0 Å². The number of nitro groups is 2. The van der Waals surface area contributed by atoms with E-state index in [1.807, 2.05) is 0 Å². The maximum absolute atomic E-state index is 12.0. The van der Waals surface area contributed by atoms with Crippen LogP contribution in [-0.2, 0) is 4.79 Å². The third kappa shape index (κ3) is 6.48. The Morgan fingerprint density at radius 3 is 1.90 bits per heavy atom. The number of non-ortho nitro benzene ring substituents is 2. The van der Waals surface area contributed by atoms with Gasteiger partial charge in [0.25, 0.3) is 17.3 Å². The van der Waals surface area contributed by atoms with Crippen LogP contribution in [0.15, 0.2) is 53.6 Å². The predicted octanol–water partition coefficient (Wildman–Crippen LogP) is 2.55. The number of nitrogens with zero attached hydrogens (tertiary/aromatic N) is 3. The quantitative estimate of drug-likeness (QED) is 0.278. The van der Waals surface area contributed by atoms with E-state index in [1.54, 1.807) is 6.92 Å². The Kier molecular flexibility index (Phi) is 7.68. The van der Waals surface area contributed by atoms with E-state index in [0.717, 1.165) is 0 Å². The molecule has 0 saturated heterocycles. The molecular weight excluding hydrogens is 394 g/mol. The number of nitro benzene ring substituents is 2. The predicted molar refractivity (Wildman–Crippen MR) is 108 cm³/mol. The third-order valence-corrected chi connectivity index (χ3v) is 4.05. The van der Waals surface area contributed by atoms with Crippen molar-refractivity contribution in [2.75, 3.05) is 6.54 Å². The Morgan fingerprint density at radius 1 is 0.900 bits per heavy atom. The average Bonchev–Trinajstić information content (AvgIpc) is 2.75. The summed E-state index contributed by atoms with van der Waals surface area (Å²) >= 11 is 0. The van der Waals surface area contributed by atoms with Gasteiger partial charge in [0.05, 0.1) is 15.6 Å². The number of amides is 2. The highest BCUT2D eigenvalue weighted by molar-refractivity contribution is 5.99. The molecule has 0 fully saturated rings. The number of carbonyl (C=O) groups excluding carboxylic acids is 2. The van der Waals surface area contributed by atoms with Crippen molar-refractivity contribution in [2.24, 2.45) is 5.10 Å². The lowest BCUT2D eigenvalue weighted by Gasteiger charge is -2.05. The summed E-state index contributed by atoms with van der Waals surface area (Å²) in [5.41, 5.74) is 3.67. The first-order valence-electron chi connectivity index (χ1n) is 8.88. The summed E-state index contributed by atoms with van der Waals surface area (Å²) in [4.78, 5) is 44.0. The van der Waals surface area contributed by atoms with Crippen molar-refractivity contribution in [3.05, 3.63) is 79.9 Å². The van der Waals surface area contributed by atoms with Gasteiger partial charge < -0.3 is 5.32 Å². The number of hydrazone groups is 1. The van der Waals surface area contributed by atoms with Crippen molar-refractivity contribution in [3.8, 4) is 0 Å². The van der Waals surface area contributed by atoms with Crippen molar-refractivity contribution in [2.45, 2.75) is 19.8 Å². The number of carbonyl (C=O) groups is 2. The van der Waals surface area contributed by atoms with Crippen LogP contribution in [0.4, 0.5) is 11.4 Å². The number of rotatable bonds is 9. The van der Waals surface area contributed by atoms with Gasteiger partial charge in [-0.1, -0.05) is 0 Å². The van der Waals surface area contributed by atoms with Gasteiger partial charge in [0.1, 0.15) is 0 Å². The molecule has 30 heavy (non-hydrogen) atoms. The van der Waals surface area contributed by atoms with Crippen molar-refractivity contribution in [3.63, 3.8) is 0 Å². The molecule has 2 rings (SSSR count). The molecular formula is C19H19N5O6. The fourth-order valence-electron chi connectivity index (χ4n) is 2.38. The molecule has 0 saturated carbocycles. The summed E-state index contributed by atoms with van der Waals surface area (Å²) in [7, 11) is 0. The van der Waals surface area contributed by atoms with Gasteiger partial charge in [-0.3, -0.25) is 29.8 Å². The fraction of sp³-hybridized carbons (Fsp3) is 0.211. The van der Waals surface area contributed by atoms with Crippen LogP contribution in [0, 0.1) is 20.2 Å². The molecule has 0 aliphatic heterocycles. The Hall–Kier alpha value is -4.15.